The standard InChI is InChI=1S/C14H18N2OS/c1-3-12-13(17)16-14(18-12)15-9-10(2)11-7-5-4-6-8-11/h4-8,10,12H,3,9H2,1-2H3,(H,15,16,17)/t10-,12-/m1/s1. The normalized spacial score (nSPS) is 20.7. The fourth-order valence-electron chi connectivity index (χ4n) is 1.86. The van der Waals surface area contributed by atoms with Crippen LogP contribution < -0.4 is 5.32 Å². The number of hydrogen-bond donors (Lipinski definition) is 1. The van der Waals surface area contributed by atoms with Gasteiger partial charge < -0.3 is 5.32 Å². The highest BCUT2D eigenvalue weighted by Gasteiger charge is 2.26. The Labute approximate surface area is 112 Å². The van der Waals surface area contributed by atoms with Crippen LogP contribution in [0, 0.1) is 0 Å². The maximum absolute atomic E-state index is 11.5. The predicted molar refractivity (Wildman–Crippen MR) is 77.0 cm³/mol. The zero-order valence-electron chi connectivity index (χ0n) is 10.7. The Bertz CT molecular complexity index is 444. The molecular formula is C14H18N2OS. The molecule has 0 unspecified atom stereocenters. The lowest BCUT2D eigenvalue weighted by Crippen LogP contribution is -2.24. The summed E-state index contributed by atoms with van der Waals surface area (Å²) in [5.41, 5.74) is 1.30. The molecule has 1 aromatic carbocycles. The van der Waals surface area contributed by atoms with E-state index in [1.807, 2.05) is 25.1 Å². The van der Waals surface area contributed by atoms with E-state index < -0.39 is 0 Å². The topological polar surface area (TPSA) is 41.5 Å². The summed E-state index contributed by atoms with van der Waals surface area (Å²) in [6, 6.07) is 10.4. The summed E-state index contributed by atoms with van der Waals surface area (Å²) in [5.74, 6) is 0.405. The molecule has 0 fully saturated rings. The van der Waals surface area contributed by atoms with Gasteiger partial charge in [-0.1, -0.05) is 55.9 Å². The monoisotopic (exact) mass is 262 g/mol. The molecule has 0 radical (unpaired) electrons. The molecular weight excluding hydrogens is 244 g/mol. The average Bonchev–Trinajstić information content (AvgIpc) is 2.77. The molecule has 1 aliphatic heterocycles. The molecule has 0 saturated heterocycles. The Morgan fingerprint density at radius 1 is 1.39 bits per heavy atom. The van der Waals surface area contributed by atoms with Crippen LogP contribution in [0.5, 0.6) is 0 Å². The van der Waals surface area contributed by atoms with Crippen molar-refractivity contribution in [3.05, 3.63) is 35.9 Å². The van der Waals surface area contributed by atoms with Gasteiger partial charge in [0.05, 0.1) is 5.25 Å². The molecule has 0 spiro atoms. The maximum atomic E-state index is 11.5. The van der Waals surface area contributed by atoms with E-state index in [-0.39, 0.29) is 11.2 Å². The zero-order valence-corrected chi connectivity index (χ0v) is 11.5. The summed E-state index contributed by atoms with van der Waals surface area (Å²) < 4.78 is 0. The third-order valence-electron chi connectivity index (χ3n) is 3.04. The number of aliphatic imine (C=N–C) groups is 1. The Morgan fingerprint density at radius 2 is 2.11 bits per heavy atom. The Hall–Kier alpha value is -1.29. The van der Waals surface area contributed by atoms with Crippen LogP contribution in [0.2, 0.25) is 0 Å². The molecule has 2 rings (SSSR count). The number of rotatable bonds is 4. The highest BCUT2D eigenvalue weighted by molar-refractivity contribution is 8.15. The van der Waals surface area contributed by atoms with E-state index in [2.05, 4.69) is 29.4 Å². The van der Waals surface area contributed by atoms with Crippen molar-refractivity contribution in [2.45, 2.75) is 31.4 Å². The number of benzene rings is 1. The second-order valence-electron chi connectivity index (χ2n) is 4.46. The van der Waals surface area contributed by atoms with Gasteiger partial charge in [-0.25, -0.2) is 0 Å². The second-order valence-corrected chi connectivity index (χ2v) is 5.65. The van der Waals surface area contributed by atoms with Crippen molar-refractivity contribution in [2.24, 2.45) is 4.99 Å². The van der Waals surface area contributed by atoms with Crippen LogP contribution in [0.1, 0.15) is 31.7 Å². The summed E-state index contributed by atoms with van der Waals surface area (Å²) in [4.78, 5) is 15.5. The first-order chi connectivity index (χ1) is 8.70. The lowest BCUT2D eigenvalue weighted by molar-refractivity contribution is -0.117. The molecule has 1 aromatic rings. The fraction of sp³-hybridized carbons (Fsp3) is 0.429. The van der Waals surface area contributed by atoms with E-state index in [1.165, 1.54) is 5.56 Å². The molecule has 3 nitrogen and oxygen atoms in total. The van der Waals surface area contributed by atoms with Crippen LogP contribution in [0.15, 0.2) is 35.3 Å². The smallest absolute Gasteiger partial charge is 0.261 e. The minimum absolute atomic E-state index is 0.00244. The molecule has 1 aliphatic rings. The minimum Gasteiger partial charge on any atom is -0.364 e. The van der Waals surface area contributed by atoms with Crippen LogP contribution in [0.4, 0.5) is 0 Å². The second kappa shape index (κ2) is 6.05. The van der Waals surface area contributed by atoms with Crippen molar-refractivity contribution in [3.8, 4) is 0 Å². The zero-order chi connectivity index (χ0) is 13.0. The molecule has 96 valence electrons. The maximum Gasteiger partial charge on any atom is 0.261 e. The molecule has 1 heterocycles. The number of amidine groups is 1. The van der Waals surface area contributed by atoms with E-state index in [4.69, 9.17) is 0 Å². The van der Waals surface area contributed by atoms with E-state index in [0.717, 1.165) is 18.1 Å². The largest absolute Gasteiger partial charge is 0.364 e. The van der Waals surface area contributed by atoms with Gasteiger partial charge in [0.2, 0.25) is 0 Å². The molecule has 1 N–H and O–H groups in total. The number of nitrogens with zero attached hydrogens (tertiary/aromatic N) is 1. The minimum atomic E-state index is -0.00244. The molecule has 0 aliphatic carbocycles. The third-order valence-corrected chi connectivity index (χ3v) is 4.32. The van der Waals surface area contributed by atoms with Gasteiger partial charge in [-0.15, -0.1) is 0 Å². The molecule has 1 amide bonds. The molecule has 0 bridgehead atoms. The summed E-state index contributed by atoms with van der Waals surface area (Å²) in [5, 5.41) is 4.05. The molecule has 18 heavy (non-hydrogen) atoms. The SMILES string of the molecule is CC[C@H]1SC(NC[C@@H](C)c2ccccc2)=NC1=O. The van der Waals surface area contributed by atoms with Gasteiger partial charge in [-0.2, -0.15) is 4.99 Å². The van der Waals surface area contributed by atoms with Crippen molar-refractivity contribution in [2.75, 3.05) is 6.54 Å². The lowest BCUT2D eigenvalue weighted by Gasteiger charge is -2.13. The van der Waals surface area contributed by atoms with E-state index in [9.17, 15) is 4.79 Å². The Kier molecular flexibility index (Phi) is 4.42. The molecule has 0 saturated carbocycles. The summed E-state index contributed by atoms with van der Waals surface area (Å²) in [6.07, 6.45) is 0.840. The third kappa shape index (κ3) is 3.13. The van der Waals surface area contributed by atoms with Crippen molar-refractivity contribution < 1.29 is 4.79 Å². The van der Waals surface area contributed by atoms with Crippen molar-refractivity contribution >= 4 is 22.8 Å². The summed E-state index contributed by atoms with van der Waals surface area (Å²) in [6.45, 7) is 4.99. The van der Waals surface area contributed by atoms with Crippen LogP contribution in [-0.4, -0.2) is 22.9 Å². The van der Waals surface area contributed by atoms with Crippen molar-refractivity contribution in [1.82, 2.24) is 5.32 Å². The fourth-order valence-corrected chi connectivity index (χ4v) is 2.76. The number of hydrogen-bond acceptors (Lipinski definition) is 3. The van der Waals surface area contributed by atoms with E-state index in [0.29, 0.717) is 5.92 Å². The summed E-state index contributed by atoms with van der Waals surface area (Å²) in [7, 11) is 0. The first-order valence-corrected chi connectivity index (χ1v) is 7.16. The lowest BCUT2D eigenvalue weighted by atomic mass is 10.0. The van der Waals surface area contributed by atoms with E-state index in [1.54, 1.807) is 11.8 Å². The van der Waals surface area contributed by atoms with Gasteiger partial charge in [-0.05, 0) is 17.9 Å². The molecule has 4 heteroatoms. The number of carbonyl (C=O) groups is 1. The summed E-state index contributed by atoms with van der Waals surface area (Å²) >= 11 is 1.55. The number of thioether (sulfide) groups is 1. The number of nitrogens with one attached hydrogen (secondary N) is 1. The van der Waals surface area contributed by atoms with Gasteiger partial charge in [-0.3, -0.25) is 4.79 Å². The van der Waals surface area contributed by atoms with Crippen LogP contribution in [0.25, 0.3) is 0 Å². The first kappa shape index (κ1) is 13.1. The van der Waals surface area contributed by atoms with E-state index >= 15 is 0 Å². The van der Waals surface area contributed by atoms with Crippen LogP contribution >= 0.6 is 11.8 Å². The average molecular weight is 262 g/mol. The first-order valence-electron chi connectivity index (χ1n) is 6.28. The van der Waals surface area contributed by atoms with Gasteiger partial charge >= 0.3 is 0 Å². The van der Waals surface area contributed by atoms with Gasteiger partial charge in [0, 0.05) is 6.54 Å². The number of amides is 1. The van der Waals surface area contributed by atoms with Crippen LogP contribution in [-0.2, 0) is 4.79 Å². The van der Waals surface area contributed by atoms with Crippen molar-refractivity contribution in [1.29, 1.82) is 0 Å². The Morgan fingerprint density at radius 3 is 2.72 bits per heavy atom. The van der Waals surface area contributed by atoms with Gasteiger partial charge in [0.1, 0.15) is 0 Å². The number of carbonyl (C=O) groups excluding carboxylic acids is 1. The quantitative estimate of drug-likeness (QED) is 0.907. The molecule has 2 atom stereocenters. The van der Waals surface area contributed by atoms with Crippen LogP contribution in [0.3, 0.4) is 0 Å². The highest BCUT2D eigenvalue weighted by atomic mass is 32.2. The highest BCUT2D eigenvalue weighted by Crippen LogP contribution is 2.24. The van der Waals surface area contributed by atoms with Gasteiger partial charge in [0.15, 0.2) is 5.17 Å². The molecule has 0 aromatic heterocycles. The van der Waals surface area contributed by atoms with Crippen molar-refractivity contribution in [3.63, 3.8) is 0 Å². The Balaban J connectivity index is 1.86. The van der Waals surface area contributed by atoms with Gasteiger partial charge in [0.25, 0.3) is 5.91 Å². The predicted octanol–water partition coefficient (Wildman–Crippen LogP) is 2.79.